The summed E-state index contributed by atoms with van der Waals surface area (Å²) in [5.41, 5.74) is 1.29. The first-order chi connectivity index (χ1) is 9.47. The summed E-state index contributed by atoms with van der Waals surface area (Å²) in [6.45, 7) is 16.4. The Bertz CT molecular complexity index is 385. The van der Waals surface area contributed by atoms with Crippen LogP contribution in [0.4, 0.5) is 5.13 Å². The molecular formula is C16H31N3S. The van der Waals surface area contributed by atoms with Crippen molar-refractivity contribution in [2.24, 2.45) is 5.92 Å². The summed E-state index contributed by atoms with van der Waals surface area (Å²) < 4.78 is 0. The number of aryl methyl sites for hydroxylation is 1. The fraction of sp³-hybridized carbons (Fsp3) is 0.812. The van der Waals surface area contributed by atoms with Gasteiger partial charge >= 0.3 is 0 Å². The van der Waals surface area contributed by atoms with E-state index in [2.05, 4.69) is 51.8 Å². The highest BCUT2D eigenvalue weighted by atomic mass is 32.1. The predicted molar refractivity (Wildman–Crippen MR) is 90.8 cm³/mol. The van der Waals surface area contributed by atoms with E-state index in [-0.39, 0.29) is 0 Å². The van der Waals surface area contributed by atoms with Crippen LogP contribution in [0.1, 0.15) is 58.5 Å². The molecule has 0 atom stereocenters. The molecule has 0 saturated carbocycles. The first kappa shape index (κ1) is 17.4. The molecule has 0 bridgehead atoms. The minimum absolute atomic E-state index is 0.521. The smallest absolute Gasteiger partial charge is 0.185 e. The second kappa shape index (κ2) is 8.63. The van der Waals surface area contributed by atoms with Crippen molar-refractivity contribution in [1.82, 2.24) is 10.3 Å². The van der Waals surface area contributed by atoms with Gasteiger partial charge in [0.2, 0.25) is 0 Å². The van der Waals surface area contributed by atoms with E-state index in [1.165, 1.54) is 15.7 Å². The summed E-state index contributed by atoms with van der Waals surface area (Å²) in [6.07, 6.45) is 2.25. The van der Waals surface area contributed by atoms with Gasteiger partial charge in [-0.25, -0.2) is 4.98 Å². The first-order valence-corrected chi connectivity index (χ1v) is 8.76. The molecule has 0 spiro atoms. The maximum Gasteiger partial charge on any atom is 0.185 e. The van der Waals surface area contributed by atoms with Crippen LogP contribution in [0.15, 0.2) is 0 Å². The van der Waals surface area contributed by atoms with Crippen LogP contribution in [0, 0.1) is 5.92 Å². The molecule has 1 heterocycles. The van der Waals surface area contributed by atoms with Gasteiger partial charge in [0, 0.05) is 30.6 Å². The van der Waals surface area contributed by atoms with Crippen LogP contribution in [-0.4, -0.2) is 24.1 Å². The first-order valence-electron chi connectivity index (χ1n) is 7.94. The van der Waals surface area contributed by atoms with Gasteiger partial charge in [-0.05, 0) is 19.3 Å². The third-order valence-electron chi connectivity index (χ3n) is 3.16. The predicted octanol–water partition coefficient (Wildman–Crippen LogP) is 4.08. The lowest BCUT2D eigenvalue weighted by molar-refractivity contribution is 0.589. The maximum atomic E-state index is 4.91. The largest absolute Gasteiger partial charge is 0.348 e. The van der Waals surface area contributed by atoms with Crippen molar-refractivity contribution >= 4 is 16.5 Å². The Balaban J connectivity index is 2.88. The number of hydrogen-bond donors (Lipinski definition) is 1. The Kier molecular flexibility index (Phi) is 7.52. The van der Waals surface area contributed by atoms with E-state index >= 15 is 0 Å². The fourth-order valence-electron chi connectivity index (χ4n) is 2.16. The summed E-state index contributed by atoms with van der Waals surface area (Å²) in [4.78, 5) is 8.73. The molecule has 1 rings (SSSR count). The van der Waals surface area contributed by atoms with Crippen molar-refractivity contribution in [2.45, 2.75) is 67.0 Å². The number of anilines is 1. The summed E-state index contributed by atoms with van der Waals surface area (Å²) in [6, 6.07) is 0.521. The van der Waals surface area contributed by atoms with Gasteiger partial charge in [0.1, 0.15) is 0 Å². The van der Waals surface area contributed by atoms with Gasteiger partial charge in [0.15, 0.2) is 5.13 Å². The third-order valence-corrected chi connectivity index (χ3v) is 4.32. The Morgan fingerprint density at radius 1 is 1.20 bits per heavy atom. The average Bonchev–Trinajstić information content (AvgIpc) is 2.77. The Morgan fingerprint density at radius 2 is 1.90 bits per heavy atom. The zero-order chi connectivity index (χ0) is 15.1. The van der Waals surface area contributed by atoms with Crippen LogP contribution in [0.5, 0.6) is 0 Å². The highest BCUT2D eigenvalue weighted by Crippen LogP contribution is 2.28. The minimum atomic E-state index is 0.521. The third kappa shape index (κ3) is 5.41. The van der Waals surface area contributed by atoms with Crippen LogP contribution in [0.2, 0.25) is 0 Å². The lowest BCUT2D eigenvalue weighted by Gasteiger charge is -2.21. The molecule has 0 aliphatic rings. The van der Waals surface area contributed by atoms with Crippen molar-refractivity contribution in [3.05, 3.63) is 10.6 Å². The van der Waals surface area contributed by atoms with Crippen molar-refractivity contribution in [3.8, 4) is 0 Å². The Morgan fingerprint density at radius 3 is 2.40 bits per heavy atom. The normalized spacial score (nSPS) is 11.6. The van der Waals surface area contributed by atoms with Crippen LogP contribution < -0.4 is 10.2 Å². The number of rotatable bonds is 9. The Labute approximate surface area is 128 Å². The summed E-state index contributed by atoms with van der Waals surface area (Å²) in [5.74, 6) is 0.672. The molecule has 116 valence electrons. The molecule has 0 amide bonds. The molecule has 0 unspecified atom stereocenters. The molecule has 3 nitrogen and oxygen atoms in total. The van der Waals surface area contributed by atoms with Gasteiger partial charge in [-0.1, -0.05) is 41.0 Å². The lowest BCUT2D eigenvalue weighted by Crippen LogP contribution is -2.27. The number of thiazole rings is 1. The van der Waals surface area contributed by atoms with E-state index in [9.17, 15) is 0 Å². The second-order valence-electron chi connectivity index (χ2n) is 6.08. The van der Waals surface area contributed by atoms with Crippen LogP contribution in [0.25, 0.3) is 0 Å². The van der Waals surface area contributed by atoms with E-state index < -0.39 is 0 Å². The molecule has 0 saturated heterocycles. The second-order valence-corrected chi connectivity index (χ2v) is 7.15. The highest BCUT2D eigenvalue weighted by Gasteiger charge is 2.15. The highest BCUT2D eigenvalue weighted by molar-refractivity contribution is 7.15. The number of aromatic nitrogens is 1. The molecule has 0 radical (unpaired) electrons. The van der Waals surface area contributed by atoms with Gasteiger partial charge in [-0.3, -0.25) is 0 Å². The lowest BCUT2D eigenvalue weighted by atomic mass is 10.2. The van der Waals surface area contributed by atoms with E-state index in [1.54, 1.807) is 0 Å². The number of nitrogens with one attached hydrogen (secondary N) is 1. The molecule has 0 fully saturated rings. The Hall–Kier alpha value is -0.610. The van der Waals surface area contributed by atoms with Gasteiger partial charge < -0.3 is 10.2 Å². The number of hydrogen-bond acceptors (Lipinski definition) is 4. The zero-order valence-corrected chi connectivity index (χ0v) is 14.8. The molecule has 0 aliphatic carbocycles. The maximum absolute atomic E-state index is 4.91. The minimum Gasteiger partial charge on any atom is -0.348 e. The summed E-state index contributed by atoms with van der Waals surface area (Å²) in [7, 11) is 0. The SMILES string of the molecule is CCCc1nc(N(CC)CC(C)C)sc1CNC(C)C. The van der Waals surface area contributed by atoms with E-state index in [0.717, 1.165) is 32.5 Å². The van der Waals surface area contributed by atoms with Crippen molar-refractivity contribution in [1.29, 1.82) is 0 Å². The van der Waals surface area contributed by atoms with Gasteiger partial charge in [0.25, 0.3) is 0 Å². The van der Waals surface area contributed by atoms with Crippen molar-refractivity contribution < 1.29 is 0 Å². The quantitative estimate of drug-likeness (QED) is 0.744. The zero-order valence-electron chi connectivity index (χ0n) is 14.0. The molecular weight excluding hydrogens is 266 g/mol. The van der Waals surface area contributed by atoms with Crippen LogP contribution in [0.3, 0.4) is 0 Å². The topological polar surface area (TPSA) is 28.2 Å². The van der Waals surface area contributed by atoms with E-state index in [1.807, 2.05) is 11.3 Å². The standard InChI is InChI=1S/C16H31N3S/c1-7-9-14-15(10-17-13(5)6)20-16(18-14)19(8-2)11-12(3)4/h12-13,17H,7-11H2,1-6H3. The summed E-state index contributed by atoms with van der Waals surface area (Å²) in [5, 5.41) is 4.72. The molecule has 0 aromatic carbocycles. The molecule has 1 aromatic heterocycles. The average molecular weight is 298 g/mol. The monoisotopic (exact) mass is 297 g/mol. The number of nitrogens with zero attached hydrogens (tertiary/aromatic N) is 2. The van der Waals surface area contributed by atoms with Crippen LogP contribution in [-0.2, 0) is 13.0 Å². The van der Waals surface area contributed by atoms with Crippen molar-refractivity contribution in [2.75, 3.05) is 18.0 Å². The molecule has 1 N–H and O–H groups in total. The summed E-state index contributed by atoms with van der Waals surface area (Å²) >= 11 is 1.87. The van der Waals surface area contributed by atoms with Gasteiger partial charge in [-0.2, -0.15) is 0 Å². The van der Waals surface area contributed by atoms with Crippen LogP contribution >= 0.6 is 11.3 Å². The van der Waals surface area contributed by atoms with Gasteiger partial charge in [0.05, 0.1) is 5.69 Å². The van der Waals surface area contributed by atoms with Gasteiger partial charge in [-0.15, -0.1) is 11.3 Å². The molecule has 4 heteroatoms. The molecule has 1 aromatic rings. The molecule has 20 heavy (non-hydrogen) atoms. The van der Waals surface area contributed by atoms with E-state index in [4.69, 9.17) is 4.98 Å². The van der Waals surface area contributed by atoms with Crippen molar-refractivity contribution in [3.63, 3.8) is 0 Å². The van der Waals surface area contributed by atoms with E-state index in [0.29, 0.717) is 12.0 Å². The molecule has 0 aliphatic heterocycles. The fourth-order valence-corrected chi connectivity index (χ4v) is 3.29.